The Morgan fingerprint density at radius 3 is 0.725 bits per heavy atom. The summed E-state index contributed by atoms with van der Waals surface area (Å²) in [5.41, 5.74) is 0. The van der Waals surface area contributed by atoms with Crippen LogP contribution in [-0.2, 0) is 28.7 Å². The first kappa shape index (κ1) is 54.8. The van der Waals surface area contributed by atoms with Gasteiger partial charge in [0.15, 0.2) is 0 Å². The molecule has 2 atom stereocenters. The second-order valence-corrected chi connectivity index (χ2v) is 14.3. The Bertz CT molecular complexity index is 727. The van der Waals surface area contributed by atoms with Crippen molar-refractivity contribution in [3.05, 3.63) is 0 Å². The summed E-state index contributed by atoms with van der Waals surface area (Å²) in [5.74, 6) is -3.56. The van der Waals surface area contributed by atoms with Crippen molar-refractivity contribution < 1.29 is 38.9 Å². The van der Waals surface area contributed by atoms with Crippen LogP contribution in [0.5, 0.6) is 0 Å². The fourth-order valence-corrected chi connectivity index (χ4v) is 5.89. The van der Waals surface area contributed by atoms with Crippen molar-refractivity contribution >= 4 is 72.8 Å². The molecule has 0 heterocycles. The van der Waals surface area contributed by atoms with E-state index in [1.54, 1.807) is 0 Å². The Hall–Kier alpha value is -0.549. The molecule has 0 amide bonds. The van der Waals surface area contributed by atoms with Crippen LogP contribution in [0.3, 0.4) is 0 Å². The Balaban J connectivity index is -0.000000886. The minimum atomic E-state index is -1.34. The first-order valence-corrected chi connectivity index (χ1v) is 21.0. The normalized spacial score (nSPS) is 11.8. The topological polar surface area (TPSA) is 133 Å². The monoisotopic (exact) mass is 848 g/mol. The standard InChI is InChI=1S/2C21H40O4.Ba/c2*1-3-4-5-6-7-8-9-10-11-12-13-14-15-16-17-18-20(22)25-19(2)21(23)24;/h2*19H,3-18H2,1-2H3,(H,23,24);/q;;+2/p-2. The number of hydrogen-bond donors (Lipinski definition) is 0. The number of esters is 2. The van der Waals surface area contributed by atoms with Gasteiger partial charge in [-0.1, -0.05) is 194 Å². The van der Waals surface area contributed by atoms with E-state index < -0.39 is 36.1 Å². The van der Waals surface area contributed by atoms with Crippen molar-refractivity contribution in [2.24, 2.45) is 0 Å². The summed E-state index contributed by atoms with van der Waals surface area (Å²) in [6, 6.07) is 0. The molecule has 0 aromatic heterocycles. The molecule has 0 spiro atoms. The van der Waals surface area contributed by atoms with Crippen LogP contribution < -0.4 is 10.2 Å². The third-order valence-corrected chi connectivity index (χ3v) is 9.25. The molecule has 8 nitrogen and oxygen atoms in total. The molecule has 0 saturated heterocycles. The number of unbranched alkanes of at least 4 members (excludes halogenated alkanes) is 28. The number of ether oxygens (including phenoxy) is 2. The van der Waals surface area contributed by atoms with Crippen LogP contribution >= 0.6 is 0 Å². The van der Waals surface area contributed by atoms with Crippen LogP contribution in [0.1, 0.15) is 233 Å². The van der Waals surface area contributed by atoms with E-state index in [0.29, 0.717) is 12.8 Å². The van der Waals surface area contributed by atoms with Gasteiger partial charge >= 0.3 is 60.8 Å². The molecule has 0 aliphatic rings. The van der Waals surface area contributed by atoms with Gasteiger partial charge in [-0.25, -0.2) is 0 Å². The smallest absolute Gasteiger partial charge is 0.546 e. The van der Waals surface area contributed by atoms with Gasteiger partial charge in [0.2, 0.25) is 0 Å². The molecule has 0 aliphatic carbocycles. The van der Waals surface area contributed by atoms with E-state index in [2.05, 4.69) is 13.8 Å². The van der Waals surface area contributed by atoms with Crippen molar-refractivity contribution in [2.75, 3.05) is 0 Å². The molecule has 296 valence electrons. The zero-order chi connectivity index (χ0) is 37.5. The van der Waals surface area contributed by atoms with Crippen molar-refractivity contribution in [1.29, 1.82) is 0 Å². The molecule has 0 aromatic carbocycles. The SMILES string of the molecule is CCCCCCCCCCCCCCCCCC(=O)OC(C)C(=O)[O-].CCCCCCCCCCCCCCCCCC(=O)OC(C)C(=O)[O-].[Ba+2]. The van der Waals surface area contributed by atoms with Gasteiger partial charge in [0.1, 0.15) is 12.2 Å². The molecule has 0 rings (SSSR count). The Kier molecular flexibility index (Phi) is 47.1. The van der Waals surface area contributed by atoms with Crippen LogP contribution in [0.25, 0.3) is 0 Å². The second kappa shape index (κ2) is 43.9. The van der Waals surface area contributed by atoms with Gasteiger partial charge in [0.05, 0.1) is 11.9 Å². The number of carboxylic acids is 2. The van der Waals surface area contributed by atoms with Crippen molar-refractivity contribution in [2.45, 2.75) is 245 Å². The van der Waals surface area contributed by atoms with Crippen LogP contribution in [0.2, 0.25) is 0 Å². The van der Waals surface area contributed by atoms with Crippen molar-refractivity contribution in [1.82, 2.24) is 0 Å². The summed E-state index contributed by atoms with van der Waals surface area (Å²) in [6.07, 6.45) is 36.7. The maximum absolute atomic E-state index is 11.4. The fraction of sp³-hybridized carbons (Fsp3) is 0.905. The average molecular weight is 848 g/mol. The molecular weight excluding hydrogens is 770 g/mol. The molecule has 0 N–H and O–H groups in total. The minimum absolute atomic E-state index is 0. The summed E-state index contributed by atoms with van der Waals surface area (Å²) in [7, 11) is 0. The van der Waals surface area contributed by atoms with E-state index in [1.807, 2.05) is 0 Å². The summed E-state index contributed by atoms with van der Waals surface area (Å²) in [5, 5.41) is 20.9. The second-order valence-electron chi connectivity index (χ2n) is 14.3. The van der Waals surface area contributed by atoms with Gasteiger partial charge in [-0.3, -0.25) is 9.59 Å². The van der Waals surface area contributed by atoms with E-state index >= 15 is 0 Å². The summed E-state index contributed by atoms with van der Waals surface area (Å²) in [4.78, 5) is 43.7. The van der Waals surface area contributed by atoms with Crippen LogP contribution in [0, 0.1) is 0 Å². The van der Waals surface area contributed by atoms with Crippen molar-refractivity contribution in [3.63, 3.8) is 0 Å². The van der Waals surface area contributed by atoms with E-state index in [-0.39, 0.29) is 48.9 Å². The molecule has 0 saturated carbocycles. The zero-order valence-corrected chi connectivity index (χ0v) is 38.2. The number of hydrogen-bond acceptors (Lipinski definition) is 8. The molecule has 9 heteroatoms. The molecule has 0 aliphatic heterocycles. The summed E-state index contributed by atoms with van der Waals surface area (Å²) < 4.78 is 9.46. The predicted octanol–water partition coefficient (Wildman–Crippen LogP) is 9.48. The largest absolute Gasteiger partial charge is 2.00 e. The van der Waals surface area contributed by atoms with E-state index in [4.69, 9.17) is 9.47 Å². The molecule has 0 radical (unpaired) electrons. The third-order valence-electron chi connectivity index (χ3n) is 9.25. The maximum Gasteiger partial charge on any atom is 2.00 e. The molecule has 51 heavy (non-hydrogen) atoms. The quantitative estimate of drug-likeness (QED) is 0.0346. The molecule has 2 unspecified atom stereocenters. The van der Waals surface area contributed by atoms with Crippen LogP contribution in [0.15, 0.2) is 0 Å². The average Bonchev–Trinajstić information content (AvgIpc) is 3.08. The van der Waals surface area contributed by atoms with Gasteiger partial charge in [-0.2, -0.15) is 0 Å². The Morgan fingerprint density at radius 2 is 0.549 bits per heavy atom. The summed E-state index contributed by atoms with van der Waals surface area (Å²) in [6.45, 7) is 7.16. The van der Waals surface area contributed by atoms with Gasteiger partial charge in [0.25, 0.3) is 0 Å². The number of carboxylic acid groups (broad SMARTS) is 2. The van der Waals surface area contributed by atoms with E-state index in [0.717, 1.165) is 38.5 Å². The fourth-order valence-electron chi connectivity index (χ4n) is 5.89. The zero-order valence-electron chi connectivity index (χ0n) is 33.8. The van der Waals surface area contributed by atoms with E-state index in [9.17, 15) is 29.4 Å². The first-order chi connectivity index (χ1) is 24.1. The van der Waals surface area contributed by atoms with Crippen molar-refractivity contribution in [3.8, 4) is 0 Å². The number of aliphatic carboxylic acids is 2. The number of rotatable bonds is 36. The molecule has 0 bridgehead atoms. The molecule has 0 fully saturated rings. The van der Waals surface area contributed by atoms with Gasteiger partial charge in [-0.05, 0) is 26.7 Å². The predicted molar refractivity (Wildman–Crippen MR) is 206 cm³/mol. The van der Waals surface area contributed by atoms with Crippen LogP contribution in [-0.4, -0.2) is 85.0 Å². The Morgan fingerprint density at radius 1 is 0.373 bits per heavy atom. The molecule has 0 aromatic rings. The minimum Gasteiger partial charge on any atom is -0.546 e. The van der Waals surface area contributed by atoms with Gasteiger partial charge in [-0.15, -0.1) is 0 Å². The molecular formula is C42H78BaO8. The maximum atomic E-state index is 11.4. The van der Waals surface area contributed by atoms with Gasteiger partial charge < -0.3 is 29.3 Å². The Labute approximate surface area is 354 Å². The van der Waals surface area contributed by atoms with E-state index in [1.165, 1.54) is 168 Å². The first-order valence-electron chi connectivity index (χ1n) is 21.0. The summed E-state index contributed by atoms with van der Waals surface area (Å²) >= 11 is 0. The van der Waals surface area contributed by atoms with Crippen LogP contribution in [0.4, 0.5) is 0 Å². The number of carbonyl (C=O) groups excluding carboxylic acids is 4. The third kappa shape index (κ3) is 45.5. The van der Waals surface area contributed by atoms with Gasteiger partial charge in [0, 0.05) is 12.8 Å². The number of carbonyl (C=O) groups is 4.